The summed E-state index contributed by atoms with van der Waals surface area (Å²) in [4.78, 5) is 9.77. The second-order valence-electron chi connectivity index (χ2n) is 1.49. The van der Waals surface area contributed by atoms with Crippen LogP contribution in [0.2, 0.25) is 0 Å². The van der Waals surface area contributed by atoms with Gasteiger partial charge in [-0.15, -0.1) is 0 Å². The van der Waals surface area contributed by atoms with Gasteiger partial charge in [0.05, 0.1) is 6.07 Å². The Kier molecular flexibility index (Phi) is 4.23. The lowest BCUT2D eigenvalue weighted by Crippen LogP contribution is -2.21. The zero-order valence-corrected chi connectivity index (χ0v) is 4.92. The van der Waals surface area contributed by atoms with Gasteiger partial charge in [-0.3, -0.25) is 0 Å². The third kappa shape index (κ3) is 6.76. The molecule has 0 aliphatic rings. The molecule has 0 aliphatic carbocycles. The third-order valence-corrected chi connectivity index (χ3v) is 0.742. The van der Waals surface area contributed by atoms with E-state index in [2.05, 4.69) is 5.32 Å². The van der Waals surface area contributed by atoms with Gasteiger partial charge in [0.15, 0.2) is 0 Å². The molecule has 0 aromatic rings. The largest absolute Gasteiger partial charge is 0.465 e. The fourth-order valence-corrected chi connectivity index (χ4v) is 0.363. The molecular weight excluding hydrogens is 120 g/mol. The van der Waals surface area contributed by atoms with E-state index in [9.17, 15) is 4.79 Å². The Hall–Kier alpha value is -1.24. The second-order valence-corrected chi connectivity index (χ2v) is 1.49. The van der Waals surface area contributed by atoms with Gasteiger partial charge in [0.25, 0.3) is 0 Å². The van der Waals surface area contributed by atoms with Crippen LogP contribution in [0.4, 0.5) is 4.79 Å². The van der Waals surface area contributed by atoms with Crippen molar-refractivity contribution in [1.29, 1.82) is 5.26 Å². The van der Waals surface area contributed by atoms with Crippen LogP contribution in [0.5, 0.6) is 0 Å². The first-order chi connectivity index (χ1) is 4.27. The maximum atomic E-state index is 9.77. The van der Waals surface area contributed by atoms with Gasteiger partial charge in [-0.05, 0) is 6.42 Å². The lowest BCUT2D eigenvalue weighted by molar-refractivity contribution is 0.194. The number of carbonyl (C=O) groups is 1. The molecule has 50 valence electrons. The molecule has 2 N–H and O–H groups in total. The van der Waals surface area contributed by atoms with Crippen molar-refractivity contribution in [2.24, 2.45) is 0 Å². The quantitative estimate of drug-likeness (QED) is 0.545. The maximum absolute atomic E-state index is 9.77. The summed E-state index contributed by atoms with van der Waals surface area (Å²) in [5, 5.41) is 18.2. The SMILES string of the molecule is N#CCCCNC(=O)O. The Balaban J connectivity index is 2.94. The van der Waals surface area contributed by atoms with Crippen molar-refractivity contribution in [1.82, 2.24) is 5.32 Å². The zero-order valence-electron chi connectivity index (χ0n) is 4.92. The molecule has 0 rings (SSSR count). The van der Waals surface area contributed by atoms with Crippen molar-refractivity contribution in [2.45, 2.75) is 12.8 Å². The molecule has 0 aromatic heterocycles. The Morgan fingerprint density at radius 3 is 2.89 bits per heavy atom. The number of nitriles is 1. The first-order valence-corrected chi connectivity index (χ1v) is 2.61. The number of hydrogen-bond acceptors (Lipinski definition) is 2. The van der Waals surface area contributed by atoms with E-state index in [0.717, 1.165) is 0 Å². The van der Waals surface area contributed by atoms with Crippen LogP contribution in [0.25, 0.3) is 0 Å². The normalized spacial score (nSPS) is 7.89. The monoisotopic (exact) mass is 128 g/mol. The van der Waals surface area contributed by atoms with Crippen LogP contribution >= 0.6 is 0 Å². The molecule has 0 aliphatic heterocycles. The highest BCUT2D eigenvalue weighted by Crippen LogP contribution is 1.81. The molecule has 0 spiro atoms. The number of amides is 1. The van der Waals surface area contributed by atoms with E-state index in [1.807, 2.05) is 6.07 Å². The first-order valence-electron chi connectivity index (χ1n) is 2.61. The van der Waals surface area contributed by atoms with Crippen molar-refractivity contribution in [3.05, 3.63) is 0 Å². The van der Waals surface area contributed by atoms with Crippen LogP contribution in [0.3, 0.4) is 0 Å². The van der Waals surface area contributed by atoms with E-state index in [0.29, 0.717) is 19.4 Å². The van der Waals surface area contributed by atoms with Gasteiger partial charge >= 0.3 is 6.09 Å². The highest BCUT2D eigenvalue weighted by atomic mass is 16.4. The van der Waals surface area contributed by atoms with Crippen molar-refractivity contribution in [3.63, 3.8) is 0 Å². The summed E-state index contributed by atoms with van der Waals surface area (Å²) < 4.78 is 0. The average Bonchev–Trinajstić information content (AvgIpc) is 1.80. The lowest BCUT2D eigenvalue weighted by atomic mass is 10.3. The molecule has 0 radical (unpaired) electrons. The summed E-state index contributed by atoms with van der Waals surface area (Å²) in [6.07, 6.45) is -0.0451. The summed E-state index contributed by atoms with van der Waals surface area (Å²) in [7, 11) is 0. The van der Waals surface area contributed by atoms with Crippen LogP contribution in [0, 0.1) is 11.3 Å². The number of hydrogen-bond donors (Lipinski definition) is 2. The summed E-state index contributed by atoms with van der Waals surface area (Å²) in [5.41, 5.74) is 0. The van der Waals surface area contributed by atoms with Gasteiger partial charge in [0.1, 0.15) is 0 Å². The van der Waals surface area contributed by atoms with Crippen molar-refractivity contribution < 1.29 is 9.90 Å². The maximum Gasteiger partial charge on any atom is 0.404 e. The molecule has 0 fully saturated rings. The Morgan fingerprint density at radius 1 is 1.78 bits per heavy atom. The summed E-state index contributed by atoms with van der Waals surface area (Å²) in [6, 6.07) is 1.91. The van der Waals surface area contributed by atoms with Gasteiger partial charge in [-0.1, -0.05) is 0 Å². The zero-order chi connectivity index (χ0) is 7.11. The topological polar surface area (TPSA) is 73.1 Å². The Morgan fingerprint density at radius 2 is 2.44 bits per heavy atom. The molecule has 1 amide bonds. The highest BCUT2D eigenvalue weighted by molar-refractivity contribution is 5.64. The predicted molar refractivity (Wildman–Crippen MR) is 30.9 cm³/mol. The number of unbranched alkanes of at least 4 members (excludes halogenated alkanes) is 1. The molecule has 9 heavy (non-hydrogen) atoms. The molecule has 4 heteroatoms. The molecule has 0 heterocycles. The summed E-state index contributed by atoms with van der Waals surface area (Å²) in [6.45, 7) is 0.364. The smallest absolute Gasteiger partial charge is 0.404 e. The van der Waals surface area contributed by atoms with Gasteiger partial charge < -0.3 is 10.4 Å². The van der Waals surface area contributed by atoms with Crippen LogP contribution in [-0.4, -0.2) is 17.7 Å². The van der Waals surface area contributed by atoms with Crippen LogP contribution < -0.4 is 5.32 Å². The van der Waals surface area contributed by atoms with Crippen molar-refractivity contribution in [3.8, 4) is 6.07 Å². The minimum absolute atomic E-state index is 0.364. The minimum Gasteiger partial charge on any atom is -0.465 e. The predicted octanol–water partition coefficient (Wildman–Crippen LogP) is 0.558. The van der Waals surface area contributed by atoms with E-state index >= 15 is 0 Å². The van der Waals surface area contributed by atoms with E-state index in [1.165, 1.54) is 0 Å². The molecular formula is C5H8N2O2. The molecule has 0 saturated heterocycles. The van der Waals surface area contributed by atoms with E-state index < -0.39 is 6.09 Å². The van der Waals surface area contributed by atoms with Crippen LogP contribution in [-0.2, 0) is 0 Å². The number of nitrogens with zero attached hydrogens (tertiary/aromatic N) is 1. The van der Waals surface area contributed by atoms with E-state index in [1.54, 1.807) is 0 Å². The van der Waals surface area contributed by atoms with Gasteiger partial charge in [-0.25, -0.2) is 4.79 Å². The molecule has 0 aromatic carbocycles. The second kappa shape index (κ2) is 4.91. The third-order valence-electron chi connectivity index (χ3n) is 0.742. The number of nitrogens with one attached hydrogen (secondary N) is 1. The number of rotatable bonds is 3. The summed E-state index contributed by atoms with van der Waals surface area (Å²) >= 11 is 0. The van der Waals surface area contributed by atoms with Crippen LogP contribution in [0.1, 0.15) is 12.8 Å². The minimum atomic E-state index is -1.03. The molecule has 0 unspecified atom stereocenters. The molecule has 0 atom stereocenters. The molecule has 4 nitrogen and oxygen atoms in total. The Bertz CT molecular complexity index is 127. The van der Waals surface area contributed by atoms with Crippen molar-refractivity contribution >= 4 is 6.09 Å². The number of carboxylic acid groups (broad SMARTS) is 1. The molecule has 0 bridgehead atoms. The van der Waals surface area contributed by atoms with Gasteiger partial charge in [0, 0.05) is 13.0 Å². The Labute approximate surface area is 53.1 Å². The highest BCUT2D eigenvalue weighted by Gasteiger charge is 1.90. The van der Waals surface area contributed by atoms with E-state index in [4.69, 9.17) is 10.4 Å². The standard InChI is InChI=1S/C5H8N2O2/c6-3-1-2-4-7-5(8)9/h7H,1-2,4H2,(H,8,9). The van der Waals surface area contributed by atoms with Crippen LogP contribution in [0.15, 0.2) is 0 Å². The van der Waals surface area contributed by atoms with Crippen molar-refractivity contribution in [2.75, 3.05) is 6.54 Å². The fraction of sp³-hybridized carbons (Fsp3) is 0.600. The molecule has 0 saturated carbocycles. The van der Waals surface area contributed by atoms with Gasteiger partial charge in [-0.2, -0.15) is 5.26 Å². The summed E-state index contributed by atoms with van der Waals surface area (Å²) in [5.74, 6) is 0. The average molecular weight is 128 g/mol. The first kappa shape index (κ1) is 7.76. The van der Waals surface area contributed by atoms with E-state index in [-0.39, 0.29) is 0 Å². The lowest BCUT2D eigenvalue weighted by Gasteiger charge is -1.94. The fourth-order valence-electron chi connectivity index (χ4n) is 0.363. The van der Waals surface area contributed by atoms with Gasteiger partial charge in [0.2, 0.25) is 0 Å².